The van der Waals surface area contributed by atoms with Crippen molar-refractivity contribution in [1.82, 2.24) is 9.98 Å². The molecular formula is C17H23N3PSe2+2. The quantitative estimate of drug-likeness (QED) is 0.244. The SMILES string of the molecule is C=CC[NH2+][Se][P+]([Se-])(CCC1=CC=CC=[N+]1)CCc1ccccn1. The van der Waals surface area contributed by atoms with Crippen molar-refractivity contribution < 1.29 is 4.33 Å². The second-order valence-corrected chi connectivity index (χ2v) is 22.3. The molecule has 0 aromatic carbocycles. The summed E-state index contributed by atoms with van der Waals surface area (Å²) < 4.78 is 1.36. The van der Waals surface area contributed by atoms with E-state index in [4.69, 9.17) is 0 Å². The van der Waals surface area contributed by atoms with Crippen molar-refractivity contribution in [1.29, 1.82) is 0 Å². The summed E-state index contributed by atoms with van der Waals surface area (Å²) in [4.78, 5) is 8.94. The van der Waals surface area contributed by atoms with Crippen LogP contribution in [0.15, 0.2) is 61.0 Å². The van der Waals surface area contributed by atoms with Crippen molar-refractivity contribution >= 4 is 41.2 Å². The van der Waals surface area contributed by atoms with E-state index in [9.17, 15) is 0 Å². The molecule has 0 saturated heterocycles. The van der Waals surface area contributed by atoms with Gasteiger partial charge >= 0.3 is 154 Å². The van der Waals surface area contributed by atoms with E-state index in [1.54, 1.807) is 0 Å². The van der Waals surface area contributed by atoms with Crippen LogP contribution in [0, 0.1) is 0 Å². The maximum atomic E-state index is 4.47. The van der Waals surface area contributed by atoms with Crippen molar-refractivity contribution in [3.8, 4) is 0 Å². The first-order chi connectivity index (χ1) is 11.2. The Morgan fingerprint density at radius 1 is 1.30 bits per heavy atom. The van der Waals surface area contributed by atoms with E-state index in [0.29, 0.717) is 14.7 Å². The van der Waals surface area contributed by atoms with Crippen LogP contribution in [0.2, 0.25) is 0 Å². The van der Waals surface area contributed by atoms with Crippen molar-refractivity contribution in [2.45, 2.75) is 12.8 Å². The number of nitrogens with two attached hydrogens (primary N) is 1. The molecule has 1 aliphatic heterocycles. The van der Waals surface area contributed by atoms with E-state index < -0.39 is 4.64 Å². The molecule has 0 spiro atoms. The molecule has 1 atom stereocenters. The van der Waals surface area contributed by atoms with E-state index in [2.05, 4.69) is 60.7 Å². The van der Waals surface area contributed by atoms with Crippen LogP contribution in [0.1, 0.15) is 12.1 Å². The molecule has 2 rings (SSSR count). The summed E-state index contributed by atoms with van der Waals surface area (Å²) in [5, 5.41) is 0. The van der Waals surface area contributed by atoms with Crippen molar-refractivity contribution in [2.24, 2.45) is 0 Å². The number of hydrogen-bond acceptors (Lipinski definition) is 2. The first-order valence-electron chi connectivity index (χ1n) is 7.71. The van der Waals surface area contributed by atoms with E-state index >= 15 is 0 Å². The van der Waals surface area contributed by atoms with Gasteiger partial charge in [0.25, 0.3) is 0 Å². The molecule has 0 amide bonds. The molecule has 0 bridgehead atoms. The van der Waals surface area contributed by atoms with Crippen LogP contribution >= 0.6 is 4.64 Å². The number of nitrogens with zero attached hydrogens (tertiary/aromatic N) is 2. The number of aryl methyl sites for hydroxylation is 1. The Hall–Kier alpha value is -0.531. The molecule has 1 aromatic heterocycles. The van der Waals surface area contributed by atoms with Crippen molar-refractivity contribution in [2.75, 3.05) is 18.9 Å². The summed E-state index contributed by atoms with van der Waals surface area (Å²) in [5.41, 5.74) is 2.40. The maximum absolute atomic E-state index is 4.47. The summed E-state index contributed by atoms with van der Waals surface area (Å²) in [7, 11) is 0. The number of aliphatic imine (C=N–C) groups is 1. The third-order valence-corrected chi connectivity index (χ3v) is 16.9. The fourth-order valence-electron chi connectivity index (χ4n) is 2.13. The molecule has 0 aliphatic carbocycles. The third-order valence-electron chi connectivity index (χ3n) is 3.40. The Morgan fingerprint density at radius 2 is 2.17 bits per heavy atom. The Balaban J connectivity index is 1.92. The van der Waals surface area contributed by atoms with Gasteiger partial charge < -0.3 is 0 Å². The normalized spacial score (nSPS) is 16.0. The van der Waals surface area contributed by atoms with Gasteiger partial charge in [-0.05, 0) is 0 Å². The minimum absolute atomic E-state index is 0.546. The molecule has 121 valence electrons. The molecule has 0 fully saturated rings. The Bertz CT molecular complexity index is 587. The molecule has 1 radical (unpaired) electrons. The molecule has 3 nitrogen and oxygen atoms in total. The van der Waals surface area contributed by atoms with Gasteiger partial charge in [-0.25, -0.2) is 0 Å². The molecule has 1 aromatic rings. The monoisotopic (exact) mass is 460 g/mol. The van der Waals surface area contributed by atoms with Gasteiger partial charge in [-0.15, -0.1) is 0 Å². The average Bonchev–Trinajstić information content (AvgIpc) is 2.61. The van der Waals surface area contributed by atoms with Crippen LogP contribution in [0.25, 0.3) is 0 Å². The zero-order valence-electron chi connectivity index (χ0n) is 13.2. The van der Waals surface area contributed by atoms with Gasteiger partial charge in [-0.2, -0.15) is 0 Å². The number of hydrogen-bond donors (Lipinski definition) is 1. The Labute approximate surface area is 153 Å². The molecule has 0 saturated carbocycles. The van der Waals surface area contributed by atoms with E-state index in [1.807, 2.05) is 30.6 Å². The van der Waals surface area contributed by atoms with Gasteiger partial charge in [0, 0.05) is 0 Å². The van der Waals surface area contributed by atoms with Gasteiger partial charge in [0.2, 0.25) is 0 Å². The molecule has 1 aliphatic rings. The predicted octanol–water partition coefficient (Wildman–Crippen LogP) is 1.26. The van der Waals surface area contributed by atoms with Crippen LogP contribution in [-0.4, -0.2) is 60.4 Å². The first kappa shape index (κ1) is 18.8. The second kappa shape index (κ2) is 10.4. The standard InChI is InChI=1S/C17H22N3PSe2/c1-2-11-20-23-21(22,14-9-16-7-3-5-12-18-16)15-10-17-8-4-6-13-19-17/h2-8,12-13,20H,1,9-11,14-15H2/q+1/p+1. The zero-order valence-corrected chi connectivity index (χ0v) is 17.5. The number of quaternary nitrogens is 1. The van der Waals surface area contributed by atoms with Gasteiger partial charge in [0.1, 0.15) is 0 Å². The van der Waals surface area contributed by atoms with E-state index in [-0.39, 0.29) is 0 Å². The fourth-order valence-corrected chi connectivity index (χ4v) is 12.2. The average molecular weight is 458 g/mol. The van der Waals surface area contributed by atoms with Crippen molar-refractivity contribution in [3.05, 3.63) is 66.7 Å². The van der Waals surface area contributed by atoms with Crippen LogP contribution in [0.5, 0.6) is 0 Å². The number of allylic oxidation sites excluding steroid dienone is 4. The zero-order chi connectivity index (χ0) is 16.4. The summed E-state index contributed by atoms with van der Waals surface area (Å²) >= 11 is 4.15. The van der Waals surface area contributed by atoms with Gasteiger partial charge in [0.05, 0.1) is 0 Å². The Kier molecular flexibility index (Phi) is 8.47. The van der Waals surface area contributed by atoms with Gasteiger partial charge in [-0.1, -0.05) is 0 Å². The molecular weight excluding hydrogens is 435 g/mol. The first-order valence-corrected chi connectivity index (χ1v) is 15.3. The van der Waals surface area contributed by atoms with Gasteiger partial charge in [0.15, 0.2) is 0 Å². The van der Waals surface area contributed by atoms with E-state index in [1.165, 1.54) is 23.7 Å². The number of aromatic nitrogens is 1. The van der Waals surface area contributed by atoms with Crippen LogP contribution in [0.4, 0.5) is 0 Å². The van der Waals surface area contributed by atoms with Gasteiger partial charge in [-0.3, -0.25) is 0 Å². The fraction of sp³-hybridized carbons (Fsp3) is 0.294. The number of pyridine rings is 1. The molecule has 23 heavy (non-hydrogen) atoms. The summed E-state index contributed by atoms with van der Waals surface area (Å²) in [6.45, 7) is 4.84. The van der Waals surface area contributed by atoms with Crippen LogP contribution < -0.4 is 9.33 Å². The number of rotatable bonds is 10. The Morgan fingerprint density at radius 3 is 2.87 bits per heavy atom. The van der Waals surface area contributed by atoms with Crippen LogP contribution in [-0.2, 0) is 6.42 Å². The molecule has 2 N–H and O–H groups in total. The molecule has 6 heteroatoms. The molecule has 1 unspecified atom stereocenters. The predicted molar refractivity (Wildman–Crippen MR) is 103 cm³/mol. The summed E-state index contributed by atoms with van der Waals surface area (Å²) in [6, 6.07) is 6.18. The van der Waals surface area contributed by atoms with Crippen LogP contribution in [0.3, 0.4) is 0 Å². The summed E-state index contributed by atoms with van der Waals surface area (Å²) in [6.07, 6.45) is 16.5. The summed E-state index contributed by atoms with van der Waals surface area (Å²) in [5.74, 6) is 0. The third kappa shape index (κ3) is 7.26. The van der Waals surface area contributed by atoms with E-state index in [0.717, 1.165) is 19.4 Å². The topological polar surface area (TPSA) is 43.6 Å². The van der Waals surface area contributed by atoms with Crippen molar-refractivity contribution in [3.63, 3.8) is 0 Å². The minimum atomic E-state index is -1.08. The second-order valence-electron chi connectivity index (χ2n) is 5.20. The molecule has 2 heterocycles.